The Kier molecular flexibility index (Phi) is 5.02. The van der Waals surface area contributed by atoms with Gasteiger partial charge in [-0.05, 0) is 54.5 Å². The molecule has 3 rings (SSSR count). The molecule has 6 heteroatoms. The third-order valence-electron chi connectivity index (χ3n) is 4.50. The Labute approximate surface area is 159 Å². The first kappa shape index (κ1) is 18.1. The van der Waals surface area contributed by atoms with Crippen LogP contribution in [0.1, 0.15) is 51.4 Å². The fraction of sp³-hybridized carbons (Fsp3) is 0.368. The highest BCUT2D eigenvalue weighted by molar-refractivity contribution is 9.10. The van der Waals surface area contributed by atoms with E-state index in [2.05, 4.69) is 35.1 Å². The average Bonchev–Trinajstić information content (AvgIpc) is 2.90. The van der Waals surface area contributed by atoms with Crippen molar-refractivity contribution in [1.29, 1.82) is 0 Å². The zero-order valence-electron chi connectivity index (χ0n) is 14.4. The number of hydrogen-bond acceptors (Lipinski definition) is 4. The summed E-state index contributed by atoms with van der Waals surface area (Å²) in [5, 5.41) is 3.50. The van der Waals surface area contributed by atoms with Crippen molar-refractivity contribution in [2.24, 2.45) is 5.41 Å². The van der Waals surface area contributed by atoms with Crippen molar-refractivity contribution in [3.05, 3.63) is 50.3 Å². The predicted octanol–water partition coefficient (Wildman–Crippen LogP) is 5.06. The van der Waals surface area contributed by atoms with Crippen molar-refractivity contribution in [3.63, 3.8) is 0 Å². The minimum absolute atomic E-state index is 0.143. The van der Waals surface area contributed by atoms with Crippen LogP contribution in [-0.2, 0) is 17.6 Å². The molecule has 0 radical (unpaired) electrons. The number of halogens is 1. The van der Waals surface area contributed by atoms with E-state index in [9.17, 15) is 9.59 Å². The third-order valence-corrected chi connectivity index (χ3v) is 6.23. The van der Waals surface area contributed by atoms with Crippen molar-refractivity contribution >= 4 is 44.1 Å². The number of carbonyl (C=O) groups is 2. The second-order valence-corrected chi connectivity index (χ2v) is 9.02. The summed E-state index contributed by atoms with van der Waals surface area (Å²) in [4.78, 5) is 26.1. The summed E-state index contributed by atoms with van der Waals surface area (Å²) in [6, 6.07) is 7.12. The lowest BCUT2D eigenvalue weighted by Crippen LogP contribution is -2.23. The maximum absolute atomic E-state index is 12.6. The van der Waals surface area contributed by atoms with Crippen molar-refractivity contribution in [3.8, 4) is 0 Å². The molecule has 1 aliphatic rings. The van der Waals surface area contributed by atoms with Crippen molar-refractivity contribution in [1.82, 2.24) is 0 Å². The normalized spacial score (nSPS) is 15.4. The Morgan fingerprint density at radius 3 is 2.56 bits per heavy atom. The number of hydrogen-bond donors (Lipinski definition) is 1. The summed E-state index contributed by atoms with van der Waals surface area (Å²) in [7, 11) is 1.38. The van der Waals surface area contributed by atoms with Crippen LogP contribution < -0.4 is 5.32 Å². The number of aryl methyl sites for hydroxylation is 1. The molecule has 1 aromatic carbocycles. The lowest BCUT2D eigenvalue weighted by molar-refractivity contribution is 0.0600. The Morgan fingerprint density at radius 1 is 1.24 bits per heavy atom. The van der Waals surface area contributed by atoms with Gasteiger partial charge in [-0.3, -0.25) is 4.79 Å². The first-order chi connectivity index (χ1) is 11.8. The zero-order chi connectivity index (χ0) is 18.2. The number of anilines is 1. The fourth-order valence-electron chi connectivity index (χ4n) is 3.10. The maximum atomic E-state index is 12.6. The van der Waals surface area contributed by atoms with Crippen LogP contribution in [-0.4, -0.2) is 19.0 Å². The standard InChI is InChI=1S/C19H20BrNO3S/c1-19(2)9-8-14-13(10-19)15(18(23)24-3)17(25-14)21-16(22)11-4-6-12(20)7-5-11/h4-7H,8-10H2,1-3H3,(H,21,22). The third kappa shape index (κ3) is 3.80. The molecule has 25 heavy (non-hydrogen) atoms. The van der Waals surface area contributed by atoms with Gasteiger partial charge in [-0.15, -0.1) is 11.3 Å². The quantitative estimate of drug-likeness (QED) is 0.704. The molecule has 1 aromatic heterocycles. The van der Waals surface area contributed by atoms with Gasteiger partial charge in [0.05, 0.1) is 12.7 Å². The van der Waals surface area contributed by atoms with E-state index in [4.69, 9.17) is 4.74 Å². The van der Waals surface area contributed by atoms with E-state index in [0.29, 0.717) is 16.1 Å². The van der Waals surface area contributed by atoms with Crippen LogP contribution in [0.2, 0.25) is 0 Å². The van der Waals surface area contributed by atoms with Gasteiger partial charge in [0.15, 0.2) is 0 Å². The van der Waals surface area contributed by atoms with Gasteiger partial charge in [0.1, 0.15) is 5.00 Å². The predicted molar refractivity (Wildman–Crippen MR) is 104 cm³/mol. The molecule has 0 unspecified atom stereocenters. The second kappa shape index (κ2) is 6.92. The molecule has 0 saturated heterocycles. The van der Waals surface area contributed by atoms with Gasteiger partial charge in [0, 0.05) is 14.9 Å². The molecule has 0 aliphatic heterocycles. The van der Waals surface area contributed by atoms with Crippen LogP contribution in [0.25, 0.3) is 0 Å². The van der Waals surface area contributed by atoms with E-state index in [1.807, 2.05) is 12.1 Å². The first-order valence-electron chi connectivity index (χ1n) is 8.10. The van der Waals surface area contributed by atoms with Crippen molar-refractivity contribution in [2.45, 2.75) is 33.1 Å². The number of benzene rings is 1. The monoisotopic (exact) mass is 421 g/mol. The molecule has 0 saturated carbocycles. The molecule has 0 spiro atoms. The number of rotatable bonds is 3. The summed E-state index contributed by atoms with van der Waals surface area (Å²) in [6.07, 6.45) is 2.81. The van der Waals surface area contributed by atoms with Crippen molar-refractivity contribution in [2.75, 3.05) is 12.4 Å². The van der Waals surface area contributed by atoms with Crippen LogP contribution in [0.4, 0.5) is 5.00 Å². The summed E-state index contributed by atoms with van der Waals surface area (Å²) in [6.45, 7) is 4.41. The SMILES string of the molecule is COC(=O)c1c(NC(=O)c2ccc(Br)cc2)sc2c1CC(C)(C)CC2. The van der Waals surface area contributed by atoms with Gasteiger partial charge in [-0.25, -0.2) is 4.79 Å². The lowest BCUT2D eigenvalue weighted by Gasteiger charge is -2.29. The fourth-order valence-corrected chi connectivity index (χ4v) is 4.57. The molecule has 2 aromatic rings. The van der Waals surface area contributed by atoms with Gasteiger partial charge in [-0.2, -0.15) is 0 Å². The van der Waals surface area contributed by atoms with Gasteiger partial charge in [0.25, 0.3) is 5.91 Å². The van der Waals surface area contributed by atoms with Crippen molar-refractivity contribution < 1.29 is 14.3 Å². The first-order valence-corrected chi connectivity index (χ1v) is 9.71. The molecule has 1 aliphatic carbocycles. The van der Waals surface area contributed by atoms with E-state index < -0.39 is 0 Å². The van der Waals surface area contributed by atoms with Crippen LogP contribution in [0.15, 0.2) is 28.7 Å². The molecule has 0 fully saturated rings. The second-order valence-electron chi connectivity index (χ2n) is 7.00. The van der Waals surface area contributed by atoms with Gasteiger partial charge >= 0.3 is 5.97 Å². The zero-order valence-corrected chi connectivity index (χ0v) is 16.8. The van der Waals surface area contributed by atoms with E-state index >= 15 is 0 Å². The minimum atomic E-state index is -0.388. The van der Waals surface area contributed by atoms with Crippen LogP contribution in [0.5, 0.6) is 0 Å². The van der Waals surface area contributed by atoms with Crippen LogP contribution >= 0.6 is 27.3 Å². The Bertz CT molecular complexity index is 824. The molecule has 132 valence electrons. The number of nitrogens with one attached hydrogen (secondary N) is 1. The number of ether oxygens (including phenoxy) is 1. The van der Waals surface area contributed by atoms with Gasteiger partial charge in [-0.1, -0.05) is 29.8 Å². The average molecular weight is 422 g/mol. The topological polar surface area (TPSA) is 55.4 Å². The van der Waals surface area contributed by atoms with E-state index in [1.54, 1.807) is 12.1 Å². The number of amides is 1. The number of carbonyl (C=O) groups excluding carboxylic acids is 2. The summed E-state index contributed by atoms with van der Waals surface area (Å²) in [5.74, 6) is -0.614. The maximum Gasteiger partial charge on any atom is 0.341 e. The number of thiophene rings is 1. The van der Waals surface area contributed by atoms with Crippen LogP contribution in [0, 0.1) is 5.41 Å². The Hall–Kier alpha value is -1.66. The molecule has 1 heterocycles. The molecule has 0 bridgehead atoms. The number of fused-ring (bicyclic) bond motifs is 1. The highest BCUT2D eigenvalue weighted by atomic mass is 79.9. The molecule has 4 nitrogen and oxygen atoms in total. The Morgan fingerprint density at radius 2 is 1.92 bits per heavy atom. The molecule has 1 amide bonds. The summed E-state index contributed by atoms with van der Waals surface area (Å²) < 4.78 is 5.89. The highest BCUT2D eigenvalue weighted by Crippen LogP contribution is 2.44. The summed E-state index contributed by atoms with van der Waals surface area (Å²) >= 11 is 4.85. The van der Waals surface area contributed by atoms with E-state index in [1.165, 1.54) is 23.3 Å². The number of methoxy groups -OCH3 is 1. The molecular formula is C19H20BrNO3S. The van der Waals surface area contributed by atoms with Gasteiger partial charge < -0.3 is 10.1 Å². The summed E-state index contributed by atoms with van der Waals surface area (Å²) in [5.41, 5.74) is 2.23. The van der Waals surface area contributed by atoms with Gasteiger partial charge in [0.2, 0.25) is 0 Å². The smallest absolute Gasteiger partial charge is 0.341 e. The highest BCUT2D eigenvalue weighted by Gasteiger charge is 2.33. The van der Waals surface area contributed by atoms with Crippen LogP contribution in [0.3, 0.4) is 0 Å². The minimum Gasteiger partial charge on any atom is -0.465 e. The molecule has 1 N–H and O–H groups in total. The molecular weight excluding hydrogens is 402 g/mol. The van der Waals surface area contributed by atoms with E-state index in [0.717, 1.165) is 29.3 Å². The molecule has 0 atom stereocenters. The Balaban J connectivity index is 1.96. The largest absolute Gasteiger partial charge is 0.465 e. The number of esters is 1. The van der Waals surface area contributed by atoms with E-state index in [-0.39, 0.29) is 17.3 Å². The lowest BCUT2D eigenvalue weighted by atomic mass is 9.76.